The molecule has 1 aliphatic carbocycles. The maximum atomic E-state index is 4.20. The molecule has 1 fully saturated rings. The Hall–Kier alpha value is -0.890. The van der Waals surface area contributed by atoms with E-state index in [1.165, 1.54) is 30.4 Å². The smallest absolute Gasteiger partial charge is 0.0315 e. The molecule has 1 aliphatic rings. The van der Waals surface area contributed by atoms with Crippen molar-refractivity contribution in [3.8, 4) is 0 Å². The SMILES string of the molecule is CCC1CCC(NCc2cnccc2C)C1C. The molecule has 1 aromatic rings. The molecule has 1 aromatic heterocycles. The topological polar surface area (TPSA) is 24.9 Å². The number of pyridine rings is 1. The lowest BCUT2D eigenvalue weighted by molar-refractivity contribution is 0.344. The van der Waals surface area contributed by atoms with E-state index in [1.807, 2.05) is 12.4 Å². The van der Waals surface area contributed by atoms with Gasteiger partial charge >= 0.3 is 0 Å². The van der Waals surface area contributed by atoms with Crippen molar-refractivity contribution in [1.82, 2.24) is 10.3 Å². The molecule has 0 amide bonds. The Morgan fingerprint density at radius 2 is 2.24 bits per heavy atom. The minimum absolute atomic E-state index is 0.694. The minimum atomic E-state index is 0.694. The molecule has 0 aliphatic heterocycles. The van der Waals surface area contributed by atoms with Crippen LogP contribution in [-0.2, 0) is 6.54 Å². The van der Waals surface area contributed by atoms with Gasteiger partial charge in [0.1, 0.15) is 0 Å². The van der Waals surface area contributed by atoms with Gasteiger partial charge in [-0.25, -0.2) is 0 Å². The van der Waals surface area contributed by atoms with Crippen molar-refractivity contribution in [2.75, 3.05) is 0 Å². The molecule has 17 heavy (non-hydrogen) atoms. The summed E-state index contributed by atoms with van der Waals surface area (Å²) in [5.74, 6) is 1.74. The van der Waals surface area contributed by atoms with Gasteiger partial charge < -0.3 is 5.32 Å². The number of hydrogen-bond donors (Lipinski definition) is 1. The normalized spacial score (nSPS) is 28.5. The van der Waals surface area contributed by atoms with Crippen molar-refractivity contribution in [3.63, 3.8) is 0 Å². The van der Waals surface area contributed by atoms with E-state index in [4.69, 9.17) is 0 Å². The second-order valence-electron chi connectivity index (χ2n) is 5.39. The average Bonchev–Trinajstić information content (AvgIpc) is 2.69. The zero-order chi connectivity index (χ0) is 12.3. The zero-order valence-corrected chi connectivity index (χ0v) is 11.2. The van der Waals surface area contributed by atoms with Crippen LogP contribution in [0.3, 0.4) is 0 Å². The fraction of sp³-hybridized carbons (Fsp3) is 0.667. The fourth-order valence-electron chi connectivity index (χ4n) is 3.03. The predicted molar refractivity (Wildman–Crippen MR) is 71.8 cm³/mol. The van der Waals surface area contributed by atoms with Gasteiger partial charge in [-0.15, -0.1) is 0 Å². The number of nitrogens with one attached hydrogen (secondary N) is 1. The van der Waals surface area contributed by atoms with Gasteiger partial charge in [-0.3, -0.25) is 4.98 Å². The van der Waals surface area contributed by atoms with E-state index < -0.39 is 0 Å². The van der Waals surface area contributed by atoms with Gasteiger partial charge in [-0.1, -0.05) is 20.3 Å². The summed E-state index contributed by atoms with van der Waals surface area (Å²) in [6.45, 7) is 7.83. The zero-order valence-electron chi connectivity index (χ0n) is 11.2. The van der Waals surface area contributed by atoms with Crippen LogP contribution in [0.4, 0.5) is 0 Å². The first-order valence-corrected chi connectivity index (χ1v) is 6.85. The van der Waals surface area contributed by atoms with Crippen LogP contribution in [0.2, 0.25) is 0 Å². The van der Waals surface area contributed by atoms with E-state index in [2.05, 4.69) is 37.1 Å². The molecular weight excluding hydrogens is 208 g/mol. The first kappa shape index (κ1) is 12.6. The predicted octanol–water partition coefficient (Wildman–Crippen LogP) is 3.30. The van der Waals surface area contributed by atoms with E-state index in [0.29, 0.717) is 6.04 Å². The number of hydrogen-bond acceptors (Lipinski definition) is 2. The summed E-state index contributed by atoms with van der Waals surface area (Å²) in [6, 6.07) is 2.78. The molecule has 1 N–H and O–H groups in total. The van der Waals surface area contributed by atoms with Crippen LogP contribution in [0.1, 0.15) is 44.2 Å². The highest BCUT2D eigenvalue weighted by molar-refractivity contribution is 5.21. The Morgan fingerprint density at radius 3 is 2.88 bits per heavy atom. The summed E-state index contributed by atoms with van der Waals surface area (Å²) in [5, 5.41) is 3.71. The molecule has 0 aromatic carbocycles. The number of aromatic nitrogens is 1. The Bertz CT molecular complexity index is 362. The maximum Gasteiger partial charge on any atom is 0.0315 e. The molecule has 0 saturated heterocycles. The molecule has 2 nitrogen and oxygen atoms in total. The lowest BCUT2D eigenvalue weighted by Crippen LogP contribution is -2.32. The molecule has 94 valence electrons. The Kier molecular flexibility index (Phi) is 4.16. The van der Waals surface area contributed by atoms with Crippen LogP contribution < -0.4 is 5.32 Å². The molecule has 3 unspecified atom stereocenters. The Balaban J connectivity index is 1.89. The van der Waals surface area contributed by atoms with Crippen LogP contribution in [0, 0.1) is 18.8 Å². The average molecular weight is 232 g/mol. The van der Waals surface area contributed by atoms with Gasteiger partial charge in [0, 0.05) is 25.0 Å². The molecule has 1 saturated carbocycles. The first-order valence-electron chi connectivity index (χ1n) is 6.85. The van der Waals surface area contributed by atoms with Gasteiger partial charge in [-0.05, 0) is 48.8 Å². The molecule has 0 radical (unpaired) electrons. The summed E-state index contributed by atoms with van der Waals surface area (Å²) in [4.78, 5) is 4.20. The van der Waals surface area contributed by atoms with Crippen LogP contribution in [0.15, 0.2) is 18.5 Å². The van der Waals surface area contributed by atoms with Crippen molar-refractivity contribution in [2.24, 2.45) is 11.8 Å². The van der Waals surface area contributed by atoms with E-state index in [9.17, 15) is 0 Å². The van der Waals surface area contributed by atoms with Crippen LogP contribution in [0.25, 0.3) is 0 Å². The maximum absolute atomic E-state index is 4.20. The minimum Gasteiger partial charge on any atom is -0.310 e. The third-order valence-electron chi connectivity index (χ3n) is 4.45. The van der Waals surface area contributed by atoms with Crippen LogP contribution in [0.5, 0.6) is 0 Å². The Morgan fingerprint density at radius 1 is 1.41 bits per heavy atom. The van der Waals surface area contributed by atoms with Crippen LogP contribution >= 0.6 is 0 Å². The summed E-state index contributed by atoms with van der Waals surface area (Å²) in [7, 11) is 0. The van der Waals surface area contributed by atoms with Crippen molar-refractivity contribution in [2.45, 2.75) is 52.6 Å². The molecule has 3 atom stereocenters. The number of rotatable bonds is 4. The Labute approximate surface area is 105 Å². The third-order valence-corrected chi connectivity index (χ3v) is 4.45. The van der Waals surface area contributed by atoms with E-state index in [-0.39, 0.29) is 0 Å². The molecule has 2 heteroatoms. The highest BCUT2D eigenvalue weighted by Gasteiger charge is 2.30. The van der Waals surface area contributed by atoms with Gasteiger partial charge in [0.25, 0.3) is 0 Å². The van der Waals surface area contributed by atoms with Crippen molar-refractivity contribution >= 4 is 0 Å². The van der Waals surface area contributed by atoms with Gasteiger partial charge in [0.05, 0.1) is 0 Å². The summed E-state index contributed by atoms with van der Waals surface area (Å²) >= 11 is 0. The molecule has 1 heterocycles. The second-order valence-corrected chi connectivity index (χ2v) is 5.39. The second kappa shape index (κ2) is 5.63. The van der Waals surface area contributed by atoms with Crippen LogP contribution in [-0.4, -0.2) is 11.0 Å². The largest absolute Gasteiger partial charge is 0.310 e. The third kappa shape index (κ3) is 2.86. The van der Waals surface area contributed by atoms with Gasteiger partial charge in [-0.2, -0.15) is 0 Å². The highest BCUT2D eigenvalue weighted by Crippen LogP contribution is 2.33. The van der Waals surface area contributed by atoms with E-state index in [1.54, 1.807) is 0 Å². The summed E-state index contributed by atoms with van der Waals surface area (Å²) in [6.07, 6.45) is 7.90. The van der Waals surface area contributed by atoms with Crippen molar-refractivity contribution in [3.05, 3.63) is 29.6 Å². The summed E-state index contributed by atoms with van der Waals surface area (Å²) < 4.78 is 0. The van der Waals surface area contributed by atoms with Crippen molar-refractivity contribution < 1.29 is 0 Å². The number of nitrogens with zero attached hydrogens (tertiary/aromatic N) is 1. The van der Waals surface area contributed by atoms with Gasteiger partial charge in [0.15, 0.2) is 0 Å². The quantitative estimate of drug-likeness (QED) is 0.861. The highest BCUT2D eigenvalue weighted by atomic mass is 14.9. The van der Waals surface area contributed by atoms with E-state index in [0.717, 1.165) is 18.4 Å². The lowest BCUT2D eigenvalue weighted by atomic mass is 9.93. The lowest BCUT2D eigenvalue weighted by Gasteiger charge is -2.21. The molecule has 0 spiro atoms. The molecular formula is C15H24N2. The van der Waals surface area contributed by atoms with Crippen molar-refractivity contribution in [1.29, 1.82) is 0 Å². The first-order chi connectivity index (χ1) is 8.22. The van der Waals surface area contributed by atoms with E-state index >= 15 is 0 Å². The molecule has 2 rings (SSSR count). The number of aryl methyl sites for hydroxylation is 1. The molecule has 0 bridgehead atoms. The standard InChI is InChI=1S/C15H24N2/c1-4-13-5-6-15(12(13)3)17-10-14-9-16-8-7-11(14)2/h7-9,12-13,15,17H,4-6,10H2,1-3H3. The summed E-state index contributed by atoms with van der Waals surface area (Å²) in [5.41, 5.74) is 2.67. The fourth-order valence-corrected chi connectivity index (χ4v) is 3.03. The monoisotopic (exact) mass is 232 g/mol. The van der Waals surface area contributed by atoms with Gasteiger partial charge in [0.2, 0.25) is 0 Å².